The second kappa shape index (κ2) is 7.65. The highest BCUT2D eigenvalue weighted by molar-refractivity contribution is 7.91. The van der Waals surface area contributed by atoms with Crippen LogP contribution in [0.25, 0.3) is 0 Å². The van der Waals surface area contributed by atoms with E-state index < -0.39 is 10.0 Å². The highest BCUT2D eigenvalue weighted by Gasteiger charge is 2.25. The van der Waals surface area contributed by atoms with Gasteiger partial charge in [0.1, 0.15) is 6.61 Å². The molecule has 8 heteroatoms. The van der Waals surface area contributed by atoms with Gasteiger partial charge in [-0.25, -0.2) is 8.42 Å². The van der Waals surface area contributed by atoms with E-state index >= 15 is 0 Å². The average molecular weight is 395 g/mol. The van der Waals surface area contributed by atoms with E-state index in [2.05, 4.69) is 4.72 Å². The molecule has 3 rings (SSSR count). The quantitative estimate of drug-likeness (QED) is 0.817. The molecular formula is C18H19ClN2O4S. The van der Waals surface area contributed by atoms with Gasteiger partial charge in [-0.3, -0.25) is 9.52 Å². The number of ether oxygens (including phenoxy) is 1. The molecule has 0 fully saturated rings. The van der Waals surface area contributed by atoms with Gasteiger partial charge in [0.05, 0.1) is 5.75 Å². The number of rotatable bonds is 6. The third kappa shape index (κ3) is 4.35. The summed E-state index contributed by atoms with van der Waals surface area (Å²) in [7, 11) is -2.09. The summed E-state index contributed by atoms with van der Waals surface area (Å²) in [6.07, 6.45) is 0.675. The maximum absolute atomic E-state index is 12.4. The Labute approximate surface area is 157 Å². The number of nitrogens with zero attached hydrogens (tertiary/aromatic N) is 1. The van der Waals surface area contributed by atoms with Gasteiger partial charge in [0.15, 0.2) is 0 Å². The lowest BCUT2D eigenvalue weighted by molar-refractivity contribution is -0.122. The number of hydrogen-bond acceptors (Lipinski definition) is 4. The van der Waals surface area contributed by atoms with Crippen molar-refractivity contribution in [3.8, 4) is 0 Å². The molecule has 26 heavy (non-hydrogen) atoms. The van der Waals surface area contributed by atoms with Crippen LogP contribution in [-0.4, -0.2) is 34.6 Å². The lowest BCUT2D eigenvalue weighted by Crippen LogP contribution is -2.31. The molecule has 1 N–H and O–H groups in total. The van der Waals surface area contributed by atoms with Gasteiger partial charge < -0.3 is 9.64 Å². The van der Waals surface area contributed by atoms with Gasteiger partial charge in [-0.1, -0.05) is 23.7 Å². The Balaban J connectivity index is 1.74. The third-order valence-electron chi connectivity index (χ3n) is 4.06. The standard InChI is InChI=1S/C18H19ClN2O4S/c1-25-11-18(22)21-8-7-14-10-16(5-6-17(14)21)20-26(23,24)12-13-3-2-4-15(19)9-13/h2-6,9-10,20H,7-8,11-12H2,1H3. The van der Waals surface area contributed by atoms with Crippen LogP contribution in [0.15, 0.2) is 42.5 Å². The van der Waals surface area contributed by atoms with Crippen molar-refractivity contribution in [3.05, 3.63) is 58.6 Å². The van der Waals surface area contributed by atoms with Crippen LogP contribution in [0.5, 0.6) is 0 Å². The number of sulfonamides is 1. The minimum atomic E-state index is -3.57. The molecule has 2 aromatic rings. The van der Waals surface area contributed by atoms with Crippen LogP contribution >= 0.6 is 11.6 Å². The SMILES string of the molecule is COCC(=O)N1CCc2cc(NS(=O)(=O)Cc3cccc(Cl)c3)ccc21. The molecule has 0 radical (unpaired) electrons. The molecule has 1 amide bonds. The molecule has 6 nitrogen and oxygen atoms in total. The van der Waals surface area contributed by atoms with Gasteiger partial charge in [-0.2, -0.15) is 0 Å². The molecule has 0 aliphatic carbocycles. The summed E-state index contributed by atoms with van der Waals surface area (Å²) < 4.78 is 32.3. The number of halogens is 1. The van der Waals surface area contributed by atoms with Crippen LogP contribution in [0.2, 0.25) is 5.02 Å². The maximum atomic E-state index is 12.4. The topological polar surface area (TPSA) is 75.7 Å². The Bertz CT molecular complexity index is 931. The summed E-state index contributed by atoms with van der Waals surface area (Å²) in [4.78, 5) is 13.7. The first-order valence-electron chi connectivity index (χ1n) is 8.05. The summed E-state index contributed by atoms with van der Waals surface area (Å²) in [5.41, 5.74) is 2.82. The number of amides is 1. The number of anilines is 2. The number of carbonyl (C=O) groups is 1. The van der Waals surface area contributed by atoms with Crippen molar-refractivity contribution in [1.29, 1.82) is 0 Å². The maximum Gasteiger partial charge on any atom is 0.252 e. The zero-order valence-electron chi connectivity index (χ0n) is 14.2. The highest BCUT2D eigenvalue weighted by atomic mass is 35.5. The van der Waals surface area contributed by atoms with Crippen LogP contribution in [0, 0.1) is 0 Å². The van der Waals surface area contributed by atoms with E-state index in [1.54, 1.807) is 47.4 Å². The van der Waals surface area contributed by atoms with E-state index in [1.165, 1.54) is 7.11 Å². The second-order valence-corrected chi connectivity index (χ2v) is 8.22. The van der Waals surface area contributed by atoms with Crippen LogP contribution in [0.1, 0.15) is 11.1 Å². The minimum absolute atomic E-state index is 0.0213. The van der Waals surface area contributed by atoms with Crippen molar-refractivity contribution in [2.75, 3.05) is 29.9 Å². The van der Waals surface area contributed by atoms with Crippen LogP contribution < -0.4 is 9.62 Å². The number of benzene rings is 2. The van der Waals surface area contributed by atoms with Crippen molar-refractivity contribution in [1.82, 2.24) is 0 Å². The number of fused-ring (bicyclic) bond motifs is 1. The van der Waals surface area contributed by atoms with Gasteiger partial charge in [0, 0.05) is 30.1 Å². The second-order valence-electron chi connectivity index (χ2n) is 6.06. The van der Waals surface area contributed by atoms with Crippen LogP contribution in [0.3, 0.4) is 0 Å². The fraction of sp³-hybridized carbons (Fsp3) is 0.278. The Morgan fingerprint density at radius 1 is 1.27 bits per heavy atom. The molecule has 0 bridgehead atoms. The predicted molar refractivity (Wildman–Crippen MR) is 102 cm³/mol. The average Bonchev–Trinajstić information content (AvgIpc) is 2.97. The summed E-state index contributed by atoms with van der Waals surface area (Å²) in [6.45, 7) is 0.587. The molecule has 0 spiro atoms. The molecule has 1 aliphatic rings. The smallest absolute Gasteiger partial charge is 0.252 e. The fourth-order valence-corrected chi connectivity index (χ4v) is 4.38. The van der Waals surface area contributed by atoms with Gasteiger partial charge >= 0.3 is 0 Å². The lowest BCUT2D eigenvalue weighted by atomic mass is 10.1. The van der Waals surface area contributed by atoms with Crippen molar-refractivity contribution in [2.24, 2.45) is 0 Å². The fourth-order valence-electron chi connectivity index (χ4n) is 2.99. The lowest BCUT2D eigenvalue weighted by Gasteiger charge is -2.17. The minimum Gasteiger partial charge on any atom is -0.375 e. The van der Waals surface area contributed by atoms with E-state index in [0.29, 0.717) is 29.2 Å². The van der Waals surface area contributed by atoms with Gasteiger partial charge in [0.2, 0.25) is 10.0 Å². The Morgan fingerprint density at radius 3 is 2.81 bits per heavy atom. The number of methoxy groups -OCH3 is 1. The summed E-state index contributed by atoms with van der Waals surface area (Å²) >= 11 is 5.90. The van der Waals surface area contributed by atoms with E-state index in [4.69, 9.17) is 16.3 Å². The summed E-state index contributed by atoms with van der Waals surface area (Å²) in [6, 6.07) is 11.9. The Hall–Kier alpha value is -2.09. The zero-order chi connectivity index (χ0) is 18.7. The van der Waals surface area contributed by atoms with E-state index in [-0.39, 0.29) is 18.3 Å². The van der Waals surface area contributed by atoms with Gasteiger partial charge in [-0.15, -0.1) is 0 Å². The third-order valence-corrected chi connectivity index (χ3v) is 5.56. The molecule has 0 aromatic heterocycles. The molecule has 1 heterocycles. The highest BCUT2D eigenvalue weighted by Crippen LogP contribution is 2.31. The molecule has 2 aromatic carbocycles. The van der Waals surface area contributed by atoms with Crippen molar-refractivity contribution in [3.63, 3.8) is 0 Å². The van der Waals surface area contributed by atoms with Crippen LogP contribution in [0.4, 0.5) is 11.4 Å². The van der Waals surface area contributed by atoms with Crippen LogP contribution in [-0.2, 0) is 31.7 Å². The molecule has 0 saturated heterocycles. The number of nitrogens with one attached hydrogen (secondary N) is 1. The van der Waals surface area contributed by atoms with E-state index in [1.807, 2.05) is 0 Å². The van der Waals surface area contributed by atoms with E-state index in [0.717, 1.165) is 11.3 Å². The first kappa shape index (κ1) is 18.7. The number of hydrogen-bond donors (Lipinski definition) is 1. The molecule has 138 valence electrons. The number of carbonyl (C=O) groups excluding carboxylic acids is 1. The molecule has 0 atom stereocenters. The van der Waals surface area contributed by atoms with E-state index in [9.17, 15) is 13.2 Å². The van der Waals surface area contributed by atoms with Crippen molar-refractivity contribution >= 4 is 38.9 Å². The Morgan fingerprint density at radius 2 is 2.08 bits per heavy atom. The first-order valence-corrected chi connectivity index (χ1v) is 10.1. The first-order chi connectivity index (χ1) is 12.4. The monoisotopic (exact) mass is 394 g/mol. The van der Waals surface area contributed by atoms with Crippen molar-refractivity contribution < 1.29 is 17.9 Å². The van der Waals surface area contributed by atoms with Gasteiger partial charge in [0.25, 0.3) is 5.91 Å². The Kier molecular flexibility index (Phi) is 5.50. The molecule has 0 unspecified atom stereocenters. The summed E-state index contributed by atoms with van der Waals surface area (Å²) in [5.74, 6) is -0.274. The normalized spacial score (nSPS) is 13.5. The predicted octanol–water partition coefficient (Wildman–Crippen LogP) is 2.82. The largest absolute Gasteiger partial charge is 0.375 e. The summed E-state index contributed by atoms with van der Waals surface area (Å²) in [5, 5.41) is 0.496. The molecule has 1 aliphatic heterocycles. The zero-order valence-corrected chi connectivity index (χ0v) is 15.8. The molecule has 0 saturated carbocycles. The van der Waals surface area contributed by atoms with Crippen molar-refractivity contribution in [2.45, 2.75) is 12.2 Å². The van der Waals surface area contributed by atoms with Gasteiger partial charge in [-0.05, 0) is 47.9 Å². The molecular weight excluding hydrogens is 376 g/mol.